The average Bonchev–Trinajstić information content (AvgIpc) is 1.43. The van der Waals surface area contributed by atoms with Crippen LogP contribution in [-0.2, 0) is 54.6 Å². The first-order valence-electron chi connectivity index (χ1n) is 37.2. The predicted molar refractivity (Wildman–Crippen MR) is 395 cm³/mol. The Balaban J connectivity index is 0.000000184. The molecule has 24 heteroatoms. The first-order valence-corrected chi connectivity index (χ1v) is 37.2. The monoisotopic (exact) mass is 1450 g/mol. The van der Waals surface area contributed by atoms with Crippen molar-refractivity contribution in [3.63, 3.8) is 0 Å². The van der Waals surface area contributed by atoms with E-state index in [2.05, 4.69) is 92.9 Å². The van der Waals surface area contributed by atoms with Gasteiger partial charge in [-0.3, -0.25) is 19.6 Å². The lowest BCUT2D eigenvalue weighted by atomic mass is 9.90. The third kappa shape index (κ3) is 14.3. The highest BCUT2D eigenvalue weighted by Gasteiger charge is 2.45. The van der Waals surface area contributed by atoms with Crippen LogP contribution >= 0.6 is 0 Å². The highest BCUT2D eigenvalue weighted by atomic mass is 19.3. The quantitative estimate of drug-likeness (QED) is 0.0587. The summed E-state index contributed by atoms with van der Waals surface area (Å²) in [6.07, 6.45) is 12.0. The number of nitrogens with zero attached hydrogens (tertiary/aromatic N) is 6. The summed E-state index contributed by atoms with van der Waals surface area (Å²) in [5, 5.41) is 9.69. The number of likely N-dealkylation sites (tertiary alicyclic amines) is 2. The molecule has 2 saturated carbocycles. The topological polar surface area (TPSA) is 236 Å². The summed E-state index contributed by atoms with van der Waals surface area (Å²) in [7, 11) is 2.51. The maximum Gasteiger partial charge on any atom is 0.407 e. The summed E-state index contributed by atoms with van der Waals surface area (Å²) in [4.78, 5) is 82.4. The van der Waals surface area contributed by atoms with Gasteiger partial charge in [-0.2, -0.15) is 17.6 Å². The van der Waals surface area contributed by atoms with Gasteiger partial charge in [-0.05, 0) is 209 Å². The second-order valence-electron chi connectivity index (χ2n) is 30.7. The number of aromatic amines is 2. The van der Waals surface area contributed by atoms with Crippen molar-refractivity contribution in [3.05, 3.63) is 131 Å². The number of alkyl carbamates (subject to hydrolysis) is 2. The van der Waals surface area contributed by atoms with Gasteiger partial charge >= 0.3 is 25.4 Å². The number of hydrogen-bond donors (Lipinski definition) is 4. The first kappa shape index (κ1) is 71.9. The molecular formula is C82H90F4N10O10. The molecule has 10 atom stereocenters. The highest BCUT2D eigenvalue weighted by molar-refractivity contribution is 6.07. The van der Waals surface area contributed by atoms with E-state index in [9.17, 15) is 36.7 Å². The molecule has 0 radical (unpaired) electrons. The number of alkyl halides is 4. The Bertz CT molecular complexity index is 4780. The van der Waals surface area contributed by atoms with Crippen LogP contribution in [0, 0.1) is 35.5 Å². The fraction of sp³-hybridized carbons (Fsp3) is 0.463. The number of carbonyl (C=O) groups excluding carboxylic acids is 4. The molecule has 6 aliphatic heterocycles. The third-order valence-corrected chi connectivity index (χ3v) is 23.1. The number of nitrogens with one attached hydrogen (secondary N) is 4. The van der Waals surface area contributed by atoms with Crippen LogP contribution in [0.4, 0.5) is 38.5 Å². The molecule has 4 N–H and O–H groups in total. The number of benzene rings is 6. The van der Waals surface area contributed by atoms with E-state index in [1.54, 1.807) is 11.1 Å². The van der Waals surface area contributed by atoms with Gasteiger partial charge in [-0.1, -0.05) is 71.0 Å². The van der Waals surface area contributed by atoms with E-state index in [-0.39, 0.29) is 67.3 Å². The van der Waals surface area contributed by atoms with Crippen LogP contribution < -0.4 is 20.1 Å². The largest absolute Gasteiger partial charge is 0.488 e. The number of fused-ring (bicyclic) bond motifs is 12. The SMILES string of the molecule is COC(=O)N[C@H](C(=O)N1C[C@@H](COC(F)F)C[C@H]1C1=Nc2ccc3cc4c(cc3c2C1)OCc1cc(-c2cnc([C@@H]3CC[C@H](C)N3C(=O)[C@@H](NC(=O)OC)C(C)C)[nH]2)ccc1-4)C(C)C.C[C@H]1CC[C@@H](c2ncc(-c3ccc4c(c3)COc3cc5c6c(ccc5cc3-4)N=C([C@H]3CC[C@@H](COC(F)F)C3)C6)[nH]2)C1. The molecule has 2 aromatic heterocycles. The number of hydrogen-bond acceptors (Lipinski definition) is 14. The van der Waals surface area contributed by atoms with Crippen molar-refractivity contribution in [2.24, 2.45) is 45.5 Å². The van der Waals surface area contributed by atoms with Crippen molar-refractivity contribution >= 4 is 68.3 Å². The van der Waals surface area contributed by atoms with Crippen molar-refractivity contribution in [2.45, 2.75) is 175 Å². The van der Waals surface area contributed by atoms with Crippen molar-refractivity contribution in [1.82, 2.24) is 40.4 Å². The summed E-state index contributed by atoms with van der Waals surface area (Å²) in [5.74, 6) is 4.00. The molecule has 6 aromatic carbocycles. The van der Waals surface area contributed by atoms with Crippen molar-refractivity contribution in [1.29, 1.82) is 0 Å². The van der Waals surface area contributed by atoms with Crippen LogP contribution in [0.5, 0.6) is 11.5 Å². The Morgan fingerprint density at radius 3 is 1.66 bits per heavy atom. The maximum atomic E-state index is 14.1. The zero-order valence-electron chi connectivity index (χ0n) is 60.9. The summed E-state index contributed by atoms with van der Waals surface area (Å²) >= 11 is 0. The second-order valence-corrected chi connectivity index (χ2v) is 30.7. The van der Waals surface area contributed by atoms with E-state index in [0.717, 1.165) is 140 Å². The Hall–Kier alpha value is -9.68. The number of methoxy groups -OCH3 is 2. The van der Waals surface area contributed by atoms with Crippen LogP contribution in [0.3, 0.4) is 0 Å². The zero-order valence-corrected chi connectivity index (χ0v) is 60.9. The summed E-state index contributed by atoms with van der Waals surface area (Å²) < 4.78 is 82.9. The number of amides is 4. The number of aromatic nitrogens is 4. The van der Waals surface area contributed by atoms with Gasteiger partial charge in [0.15, 0.2) is 0 Å². The van der Waals surface area contributed by atoms with Gasteiger partial charge in [0.05, 0.1) is 74.7 Å². The maximum absolute atomic E-state index is 14.1. The molecule has 2 saturated heterocycles. The smallest absolute Gasteiger partial charge is 0.407 e. The molecule has 4 fully saturated rings. The van der Waals surface area contributed by atoms with E-state index < -0.39 is 43.5 Å². The number of aliphatic imine (C=N–C) groups is 2. The molecule has 556 valence electrons. The third-order valence-electron chi connectivity index (χ3n) is 23.1. The number of halogens is 4. The van der Waals surface area contributed by atoms with E-state index in [0.29, 0.717) is 43.7 Å². The Morgan fingerprint density at radius 1 is 0.566 bits per heavy atom. The second kappa shape index (κ2) is 29.9. The number of rotatable bonds is 18. The van der Waals surface area contributed by atoms with Crippen LogP contribution in [-0.4, -0.2) is 137 Å². The predicted octanol–water partition coefficient (Wildman–Crippen LogP) is 16.7. The van der Waals surface area contributed by atoms with Gasteiger partial charge in [-0.15, -0.1) is 0 Å². The Morgan fingerprint density at radius 2 is 1.10 bits per heavy atom. The Labute approximate surface area is 612 Å². The molecular weight excluding hydrogens is 1360 g/mol. The molecule has 0 spiro atoms. The van der Waals surface area contributed by atoms with Crippen LogP contribution in [0.25, 0.3) is 66.3 Å². The molecule has 8 heterocycles. The van der Waals surface area contributed by atoms with E-state index in [4.69, 9.17) is 43.6 Å². The molecule has 2 aliphatic carbocycles. The van der Waals surface area contributed by atoms with Crippen LogP contribution in [0.2, 0.25) is 0 Å². The van der Waals surface area contributed by atoms with Gasteiger partial charge in [-0.25, -0.2) is 19.6 Å². The van der Waals surface area contributed by atoms with Gasteiger partial charge in [0.1, 0.15) is 48.4 Å². The van der Waals surface area contributed by atoms with Crippen LogP contribution in [0.1, 0.15) is 145 Å². The average molecular weight is 1450 g/mol. The lowest BCUT2D eigenvalue weighted by Crippen LogP contribution is -2.53. The zero-order chi connectivity index (χ0) is 73.9. The number of carbonyl (C=O) groups is 4. The minimum atomic E-state index is -2.93. The van der Waals surface area contributed by atoms with E-state index >= 15 is 0 Å². The van der Waals surface area contributed by atoms with Crippen LogP contribution in [0.15, 0.2) is 107 Å². The number of H-pyrrole nitrogens is 2. The molecule has 16 rings (SSSR count). The molecule has 0 unspecified atom stereocenters. The summed E-state index contributed by atoms with van der Waals surface area (Å²) in [5.41, 5.74) is 16.4. The van der Waals surface area contributed by atoms with Gasteiger partial charge < -0.3 is 58.8 Å². The molecule has 0 bridgehead atoms. The number of imidazole rings is 2. The highest BCUT2D eigenvalue weighted by Crippen LogP contribution is 2.49. The van der Waals surface area contributed by atoms with Crippen molar-refractivity contribution < 1.29 is 65.2 Å². The standard InChI is InChI=1S/C47H55F2N7O8.C35H35F2N3O2/c1-23(2)40(53-46(59)61-6)43(57)55-20-26(21-64-45(48)49)14-38(55)35-17-32-31-18-39-33(16-27(31)10-12-34(32)51-35)30-11-9-28(15-29(30)22-63-39)36-19-50-42(52-36)37-13-8-25(5)56(37)44(58)41(24(3)4)54-47(60)62-7;1-19-2-4-24(10-19)34-38-16-32(40-34)23-6-8-26-25(12-23)18-41-33-15-27-21(13-29(26)33)7-9-30-28(27)14-31(39-30)22-5-3-20(11-22)17-42-35(36)37/h9-12,15-16,18-19,23-26,37-38,40-41,45H,8,13-14,17,20-22H2,1-7H3,(H,50,52)(H,53,59)(H,54,60);6-9,12-13,15-16,19-20,22,24,35H,2-5,10-11,14,17-18H2,1H3,(H,38,40)/t25-,26-,37-,38-,40-,41-;19-,20+,22-,24+/m00/s1. The van der Waals surface area contributed by atoms with Gasteiger partial charge in [0.2, 0.25) is 11.8 Å². The van der Waals surface area contributed by atoms with Gasteiger partial charge in [0.25, 0.3) is 0 Å². The van der Waals surface area contributed by atoms with Crippen molar-refractivity contribution in [2.75, 3.05) is 34.0 Å². The molecule has 8 aromatic rings. The molecule has 20 nitrogen and oxygen atoms in total. The molecule has 8 aliphatic rings. The van der Waals surface area contributed by atoms with Crippen molar-refractivity contribution in [3.8, 4) is 56.3 Å². The summed E-state index contributed by atoms with van der Waals surface area (Å²) in [6.45, 7) is 7.10. The fourth-order valence-electron chi connectivity index (χ4n) is 17.5. The molecule has 4 amide bonds. The summed E-state index contributed by atoms with van der Waals surface area (Å²) in [6, 6.07) is 27.3. The van der Waals surface area contributed by atoms with Gasteiger partial charge in [0, 0.05) is 59.8 Å². The normalized spacial score (nSPS) is 22.4. The Kier molecular flexibility index (Phi) is 20.3. The van der Waals surface area contributed by atoms with E-state index in [1.165, 1.54) is 66.7 Å². The number of ether oxygens (including phenoxy) is 6. The van der Waals surface area contributed by atoms with E-state index in [1.807, 2.05) is 70.0 Å². The molecule has 106 heavy (non-hydrogen) atoms. The lowest BCUT2D eigenvalue weighted by Gasteiger charge is -2.32. The fourth-order valence-corrected chi connectivity index (χ4v) is 17.5. The first-order chi connectivity index (χ1) is 51.1. The minimum absolute atomic E-state index is 0.0381. The minimum Gasteiger partial charge on any atom is -0.488 e. The lowest BCUT2D eigenvalue weighted by molar-refractivity contribution is -0.139.